The van der Waals surface area contributed by atoms with Crippen molar-refractivity contribution in [3.8, 4) is 0 Å². The van der Waals surface area contributed by atoms with Gasteiger partial charge in [-0.2, -0.15) is 4.98 Å². The molecule has 2 amide bonds. The Bertz CT molecular complexity index is 1020. The molecule has 34 heavy (non-hydrogen) atoms. The average Bonchev–Trinajstić information content (AvgIpc) is 3.56. The summed E-state index contributed by atoms with van der Waals surface area (Å²) < 4.78 is 11.6. The zero-order valence-corrected chi connectivity index (χ0v) is 20.9. The number of hydrogen-bond acceptors (Lipinski definition) is 6. The van der Waals surface area contributed by atoms with Gasteiger partial charge in [-0.3, -0.25) is 0 Å². The Morgan fingerprint density at radius 3 is 2.71 bits per heavy atom. The molecule has 1 aromatic carbocycles. The Kier molecular flexibility index (Phi) is 6.57. The predicted molar refractivity (Wildman–Crippen MR) is 130 cm³/mol. The average molecular weight is 488 g/mol. The maximum absolute atomic E-state index is 13.2. The number of benzene rings is 1. The molecule has 3 heterocycles. The molecule has 1 saturated carbocycles. The van der Waals surface area contributed by atoms with Gasteiger partial charge in [-0.15, -0.1) is 0 Å². The minimum absolute atomic E-state index is 0.146. The van der Waals surface area contributed by atoms with Gasteiger partial charge in [0.1, 0.15) is 0 Å². The van der Waals surface area contributed by atoms with Gasteiger partial charge >= 0.3 is 6.03 Å². The normalized spacial score (nSPS) is 24.9. The lowest BCUT2D eigenvalue weighted by molar-refractivity contribution is -0.00674. The van der Waals surface area contributed by atoms with E-state index in [1.54, 1.807) is 6.07 Å². The molecule has 1 aliphatic carbocycles. The summed E-state index contributed by atoms with van der Waals surface area (Å²) in [5.41, 5.74) is 1.35. The number of morpholine rings is 1. The summed E-state index contributed by atoms with van der Waals surface area (Å²) in [6.45, 7) is 9.07. The second-order valence-electron chi connectivity index (χ2n) is 10.5. The highest BCUT2D eigenvalue weighted by molar-refractivity contribution is 6.33. The van der Waals surface area contributed by atoms with Crippen LogP contribution in [0.2, 0.25) is 5.02 Å². The van der Waals surface area contributed by atoms with Crippen LogP contribution in [0, 0.1) is 5.92 Å². The Morgan fingerprint density at radius 2 is 2.06 bits per heavy atom. The summed E-state index contributed by atoms with van der Waals surface area (Å²) in [6, 6.07) is 5.86. The number of aromatic nitrogens is 2. The van der Waals surface area contributed by atoms with E-state index in [1.165, 1.54) is 0 Å². The number of likely N-dealkylation sites (tertiary alicyclic amines) is 1. The van der Waals surface area contributed by atoms with Gasteiger partial charge in [0.2, 0.25) is 5.89 Å². The molecule has 0 radical (unpaired) electrons. The molecule has 5 rings (SSSR count). The molecule has 2 N–H and O–H groups in total. The van der Waals surface area contributed by atoms with E-state index in [0.717, 1.165) is 43.0 Å². The number of rotatable bonds is 5. The first-order chi connectivity index (χ1) is 16.3. The highest BCUT2D eigenvalue weighted by Crippen LogP contribution is 2.41. The van der Waals surface area contributed by atoms with Gasteiger partial charge in [-0.05, 0) is 37.7 Å². The molecular weight excluding hydrogens is 454 g/mol. The molecule has 0 unspecified atom stereocenters. The summed E-state index contributed by atoms with van der Waals surface area (Å²) in [5, 5.41) is 11.4. The number of hydrogen-bond donors (Lipinski definition) is 2. The number of urea groups is 1. The van der Waals surface area contributed by atoms with Gasteiger partial charge < -0.3 is 24.8 Å². The number of carbonyl (C=O) groups excluding carboxylic acids is 1. The minimum atomic E-state index is -0.183. The van der Waals surface area contributed by atoms with Gasteiger partial charge in [0, 0.05) is 42.6 Å². The highest BCUT2D eigenvalue weighted by atomic mass is 35.5. The fourth-order valence-corrected chi connectivity index (χ4v) is 4.98. The molecule has 9 heteroatoms. The van der Waals surface area contributed by atoms with Crippen molar-refractivity contribution in [3.05, 3.63) is 40.5 Å². The topological polar surface area (TPSA) is 92.5 Å². The van der Waals surface area contributed by atoms with Crippen molar-refractivity contribution in [2.24, 2.45) is 5.92 Å². The SMILES string of the molecule is CC(C)[C@H]1CO[C@H](c2cccc(Cl)c2NC(=O)N2CCC(C)(c3noc(C4CC4)n3)CC2)CN1. The number of piperidine rings is 1. The van der Waals surface area contributed by atoms with Crippen molar-refractivity contribution in [2.45, 2.75) is 69.9 Å². The van der Waals surface area contributed by atoms with E-state index in [-0.39, 0.29) is 17.6 Å². The molecule has 3 fully saturated rings. The molecule has 0 spiro atoms. The molecule has 8 nitrogen and oxygen atoms in total. The van der Waals surface area contributed by atoms with Crippen LogP contribution in [-0.2, 0) is 10.2 Å². The van der Waals surface area contributed by atoms with Crippen molar-refractivity contribution >= 4 is 23.3 Å². The highest BCUT2D eigenvalue weighted by Gasteiger charge is 2.39. The van der Waals surface area contributed by atoms with Gasteiger partial charge in [0.25, 0.3) is 0 Å². The second kappa shape index (κ2) is 9.47. The zero-order valence-electron chi connectivity index (χ0n) is 20.1. The first kappa shape index (κ1) is 23.6. The van der Waals surface area contributed by atoms with Crippen LogP contribution in [0.5, 0.6) is 0 Å². The number of amides is 2. The molecule has 3 aliphatic rings. The maximum atomic E-state index is 13.2. The van der Waals surface area contributed by atoms with Crippen LogP contribution < -0.4 is 10.6 Å². The maximum Gasteiger partial charge on any atom is 0.321 e. The first-order valence-electron chi connectivity index (χ1n) is 12.4. The fourth-order valence-electron chi connectivity index (χ4n) is 4.75. The number of para-hydroxylation sites is 1. The van der Waals surface area contributed by atoms with E-state index in [1.807, 2.05) is 17.0 Å². The summed E-state index contributed by atoms with van der Waals surface area (Å²) in [6.07, 6.45) is 3.68. The van der Waals surface area contributed by atoms with Gasteiger partial charge in [0.05, 0.1) is 23.4 Å². The molecule has 2 saturated heterocycles. The Hall–Kier alpha value is -2.16. The van der Waals surface area contributed by atoms with Gasteiger partial charge in [0.15, 0.2) is 5.82 Å². The number of nitrogens with one attached hydrogen (secondary N) is 2. The summed E-state index contributed by atoms with van der Waals surface area (Å²) in [5.74, 6) is 2.48. The van der Waals surface area contributed by atoms with E-state index < -0.39 is 0 Å². The molecule has 1 aromatic heterocycles. The Morgan fingerprint density at radius 1 is 1.29 bits per heavy atom. The van der Waals surface area contributed by atoms with Crippen LogP contribution in [0.3, 0.4) is 0 Å². The van der Waals surface area contributed by atoms with E-state index in [0.29, 0.717) is 54.8 Å². The lowest BCUT2D eigenvalue weighted by Gasteiger charge is -2.37. The van der Waals surface area contributed by atoms with E-state index in [4.69, 9.17) is 20.9 Å². The fraction of sp³-hybridized carbons (Fsp3) is 0.640. The largest absolute Gasteiger partial charge is 0.370 e. The third-order valence-electron chi connectivity index (χ3n) is 7.53. The molecule has 184 valence electrons. The van der Waals surface area contributed by atoms with Crippen molar-refractivity contribution in [2.75, 3.05) is 31.6 Å². The molecule has 2 atom stereocenters. The molecule has 0 bridgehead atoms. The summed E-state index contributed by atoms with van der Waals surface area (Å²) in [7, 11) is 0. The van der Waals surface area contributed by atoms with E-state index in [9.17, 15) is 4.79 Å². The number of ether oxygens (including phenoxy) is 1. The van der Waals surface area contributed by atoms with Crippen LogP contribution in [0.4, 0.5) is 10.5 Å². The third kappa shape index (κ3) is 4.81. The Balaban J connectivity index is 1.23. The number of carbonyl (C=O) groups is 1. The van der Waals surface area contributed by atoms with Crippen molar-refractivity contribution < 1.29 is 14.1 Å². The van der Waals surface area contributed by atoms with E-state index >= 15 is 0 Å². The summed E-state index contributed by atoms with van der Waals surface area (Å²) in [4.78, 5) is 19.7. The quantitative estimate of drug-likeness (QED) is 0.625. The zero-order chi connectivity index (χ0) is 23.9. The third-order valence-corrected chi connectivity index (χ3v) is 7.85. The van der Waals surface area contributed by atoms with Crippen molar-refractivity contribution in [3.63, 3.8) is 0 Å². The number of anilines is 1. The van der Waals surface area contributed by atoms with Gasteiger partial charge in [-0.1, -0.05) is 49.7 Å². The number of halogens is 1. The summed E-state index contributed by atoms with van der Waals surface area (Å²) >= 11 is 6.53. The van der Waals surface area contributed by atoms with Crippen molar-refractivity contribution in [1.29, 1.82) is 0 Å². The first-order valence-corrected chi connectivity index (χ1v) is 12.8. The minimum Gasteiger partial charge on any atom is -0.370 e. The van der Waals surface area contributed by atoms with E-state index in [2.05, 4.69) is 41.5 Å². The van der Waals surface area contributed by atoms with Crippen LogP contribution >= 0.6 is 11.6 Å². The van der Waals surface area contributed by atoms with Gasteiger partial charge in [-0.25, -0.2) is 4.79 Å². The lowest BCUT2D eigenvalue weighted by Crippen LogP contribution is -2.47. The second-order valence-corrected chi connectivity index (χ2v) is 10.9. The molecule has 2 aromatic rings. The van der Waals surface area contributed by atoms with Crippen LogP contribution in [0.1, 0.15) is 75.8 Å². The monoisotopic (exact) mass is 487 g/mol. The van der Waals surface area contributed by atoms with Crippen LogP contribution in [0.25, 0.3) is 0 Å². The smallest absolute Gasteiger partial charge is 0.321 e. The molecule has 2 aliphatic heterocycles. The standard InChI is InChI=1S/C25H34ClN5O3/c1-15(2)19-14-33-20(13-27-19)17-5-4-6-18(26)21(17)28-24(32)31-11-9-25(3,10-12-31)23-29-22(34-30-23)16-7-8-16/h4-6,15-16,19-20,27H,7-14H2,1-3H3,(H,28,32)/t19-,20+/m1/s1. The molecular formula is C25H34ClN5O3. The van der Waals surface area contributed by atoms with Crippen LogP contribution in [-0.4, -0.2) is 53.4 Å². The lowest BCUT2D eigenvalue weighted by atomic mass is 9.80. The number of nitrogens with zero attached hydrogens (tertiary/aromatic N) is 3. The van der Waals surface area contributed by atoms with Crippen LogP contribution in [0.15, 0.2) is 22.7 Å². The van der Waals surface area contributed by atoms with Crippen molar-refractivity contribution in [1.82, 2.24) is 20.4 Å². The Labute approximate surface area is 205 Å². The predicted octanol–water partition coefficient (Wildman–Crippen LogP) is 4.87.